The van der Waals surface area contributed by atoms with Gasteiger partial charge in [-0.15, -0.1) is 6.58 Å². The molecular formula is C23H39NO3S2. The minimum Gasteiger partial charge on any atom is -0.491 e. The lowest BCUT2D eigenvalue weighted by Crippen LogP contribution is -2.44. The Morgan fingerprint density at radius 2 is 1.83 bits per heavy atom. The number of nitrogens with zero attached hydrogens (tertiary/aromatic N) is 1. The summed E-state index contributed by atoms with van der Waals surface area (Å²) in [6, 6.07) is 9.87. The summed E-state index contributed by atoms with van der Waals surface area (Å²) in [4.78, 5) is 0. The molecule has 1 heterocycles. The normalized spacial score (nSPS) is 29.2. The van der Waals surface area contributed by atoms with Gasteiger partial charge in [-0.3, -0.25) is 0 Å². The van der Waals surface area contributed by atoms with Crippen molar-refractivity contribution < 1.29 is 13.1 Å². The minimum absolute atomic E-state index is 0.0231. The summed E-state index contributed by atoms with van der Waals surface area (Å²) in [7, 11) is -2.87. The van der Waals surface area contributed by atoms with E-state index in [9.17, 15) is 4.21 Å². The number of hydrogen-bond donors (Lipinski definition) is 0. The van der Waals surface area contributed by atoms with Crippen LogP contribution in [0.4, 0.5) is 0 Å². The Labute approximate surface area is 182 Å². The predicted octanol–water partition coefficient (Wildman–Crippen LogP) is 5.87. The zero-order valence-electron chi connectivity index (χ0n) is 19.1. The van der Waals surface area contributed by atoms with Crippen LogP contribution in [0, 0.1) is 5.41 Å². The third-order valence-electron chi connectivity index (χ3n) is 5.07. The monoisotopic (exact) mass is 441 g/mol. The van der Waals surface area contributed by atoms with E-state index in [0.29, 0.717) is 12.4 Å². The molecule has 166 valence electrons. The predicted molar refractivity (Wildman–Crippen MR) is 128 cm³/mol. The van der Waals surface area contributed by atoms with Gasteiger partial charge in [0.05, 0.1) is 6.04 Å². The van der Waals surface area contributed by atoms with Crippen LogP contribution in [-0.4, -0.2) is 43.4 Å². The van der Waals surface area contributed by atoms with E-state index in [1.54, 1.807) is 0 Å². The molecule has 6 heteroatoms. The van der Waals surface area contributed by atoms with Crippen molar-refractivity contribution in [2.24, 2.45) is 5.41 Å². The largest absolute Gasteiger partial charge is 0.491 e. The topological polar surface area (TPSA) is 38.8 Å². The lowest BCUT2D eigenvalue weighted by Gasteiger charge is -2.49. The minimum atomic E-state index is -1.75. The van der Waals surface area contributed by atoms with Crippen LogP contribution in [-0.2, 0) is 15.2 Å². The summed E-state index contributed by atoms with van der Waals surface area (Å²) >= 11 is 0. The molecule has 1 fully saturated rings. The van der Waals surface area contributed by atoms with Gasteiger partial charge in [-0.2, -0.15) is 3.71 Å². The summed E-state index contributed by atoms with van der Waals surface area (Å²) in [5.41, 5.74) is -0.0231. The third-order valence-corrected chi connectivity index (χ3v) is 12.1. The summed E-state index contributed by atoms with van der Waals surface area (Å²) < 4.78 is 28.5. The molecule has 0 aromatic heterocycles. The van der Waals surface area contributed by atoms with E-state index in [-0.39, 0.29) is 22.3 Å². The van der Waals surface area contributed by atoms with Gasteiger partial charge in [0.25, 0.3) is 0 Å². The quantitative estimate of drug-likeness (QED) is 0.473. The molecule has 4 nitrogen and oxygen atoms in total. The number of hydrogen-bond acceptors (Lipinski definition) is 3. The second-order valence-electron chi connectivity index (χ2n) is 9.92. The molecule has 0 saturated carbocycles. The highest BCUT2D eigenvalue weighted by atomic mass is 32.3. The van der Waals surface area contributed by atoms with Gasteiger partial charge in [0, 0.05) is 16.8 Å². The van der Waals surface area contributed by atoms with Gasteiger partial charge < -0.3 is 8.92 Å². The van der Waals surface area contributed by atoms with Gasteiger partial charge in [-0.05, 0) is 51.2 Å². The molecule has 0 amide bonds. The lowest BCUT2D eigenvalue weighted by atomic mass is 10.0. The molecule has 0 N–H and O–H groups in total. The fourth-order valence-electron chi connectivity index (χ4n) is 3.31. The highest BCUT2D eigenvalue weighted by Crippen LogP contribution is 2.67. The molecule has 0 aliphatic carbocycles. The van der Waals surface area contributed by atoms with Crippen LogP contribution >= 0.6 is 10.5 Å². The fourth-order valence-corrected chi connectivity index (χ4v) is 9.26. The summed E-state index contributed by atoms with van der Waals surface area (Å²) in [5.74, 6) is 1.45. The standard InChI is InChI=1S/C23H39NO3S2/c1-9-10-16-20-21(17-26-19-14-12-11-13-15-19)27-29(8,23(5,6)7)24(20)28(25)18-22(2,3)4/h9,11-15,20-21H,1,10,16-18H2,2-8H3. The molecule has 1 aromatic rings. The zero-order valence-corrected chi connectivity index (χ0v) is 20.8. The van der Waals surface area contributed by atoms with Gasteiger partial charge in [-0.25, -0.2) is 4.21 Å². The molecule has 4 unspecified atom stereocenters. The van der Waals surface area contributed by atoms with Crippen LogP contribution < -0.4 is 4.74 Å². The Morgan fingerprint density at radius 3 is 2.34 bits per heavy atom. The molecule has 1 aliphatic heterocycles. The Hall–Kier alpha value is -0.820. The van der Waals surface area contributed by atoms with Crippen LogP contribution in [0.5, 0.6) is 5.75 Å². The SMILES string of the molecule is C=CCCC1C(COc2ccccc2)OS(C)(C(C)(C)C)N1S(=O)CC(C)(C)C. The van der Waals surface area contributed by atoms with Crippen molar-refractivity contribution in [1.82, 2.24) is 3.71 Å². The average molecular weight is 442 g/mol. The van der Waals surface area contributed by atoms with Gasteiger partial charge in [-0.1, -0.05) is 55.5 Å². The Bertz CT molecular complexity index is 696. The molecule has 0 radical (unpaired) electrons. The van der Waals surface area contributed by atoms with Crippen LogP contribution in [0.15, 0.2) is 43.0 Å². The van der Waals surface area contributed by atoms with Gasteiger partial charge in [0.2, 0.25) is 0 Å². The first-order valence-corrected chi connectivity index (χ1v) is 13.5. The molecule has 29 heavy (non-hydrogen) atoms. The van der Waals surface area contributed by atoms with Gasteiger partial charge >= 0.3 is 0 Å². The maximum atomic E-state index is 13.6. The number of ether oxygens (including phenoxy) is 1. The van der Waals surface area contributed by atoms with E-state index in [0.717, 1.165) is 18.6 Å². The van der Waals surface area contributed by atoms with Crippen molar-refractivity contribution in [2.75, 3.05) is 18.6 Å². The molecule has 0 spiro atoms. The number of para-hydroxylation sites is 1. The molecule has 0 bridgehead atoms. The Morgan fingerprint density at radius 1 is 1.21 bits per heavy atom. The van der Waals surface area contributed by atoms with E-state index in [4.69, 9.17) is 8.92 Å². The van der Waals surface area contributed by atoms with Crippen molar-refractivity contribution in [2.45, 2.75) is 71.3 Å². The molecule has 4 atom stereocenters. The first-order chi connectivity index (χ1) is 13.4. The second-order valence-corrected chi connectivity index (χ2v) is 14.9. The van der Waals surface area contributed by atoms with E-state index in [2.05, 4.69) is 58.1 Å². The van der Waals surface area contributed by atoms with Crippen LogP contribution in [0.25, 0.3) is 0 Å². The molecular weight excluding hydrogens is 402 g/mol. The first-order valence-electron chi connectivity index (χ1n) is 10.3. The third kappa shape index (κ3) is 6.09. The molecule has 2 rings (SSSR count). The molecule has 1 aromatic carbocycles. The maximum Gasteiger partial charge on any atom is 0.123 e. The van der Waals surface area contributed by atoms with Gasteiger partial charge in [0.15, 0.2) is 0 Å². The lowest BCUT2D eigenvalue weighted by molar-refractivity contribution is 0.129. The number of allylic oxidation sites excluding steroid dienone is 1. The van der Waals surface area contributed by atoms with E-state index >= 15 is 0 Å². The summed E-state index contributed by atoms with van der Waals surface area (Å²) in [6.45, 7) is 17.3. The Balaban J connectivity index is 2.35. The fraction of sp³-hybridized carbons (Fsp3) is 0.652. The smallest absolute Gasteiger partial charge is 0.123 e. The summed E-state index contributed by atoms with van der Waals surface area (Å²) in [6.07, 6.45) is 5.69. The van der Waals surface area contributed by atoms with Crippen LogP contribution in [0.3, 0.4) is 0 Å². The van der Waals surface area contributed by atoms with Crippen LogP contribution in [0.2, 0.25) is 0 Å². The van der Waals surface area contributed by atoms with Crippen LogP contribution in [0.1, 0.15) is 54.4 Å². The highest BCUT2D eigenvalue weighted by Gasteiger charge is 2.55. The van der Waals surface area contributed by atoms with E-state index < -0.39 is 21.5 Å². The average Bonchev–Trinajstić information content (AvgIpc) is 2.90. The molecule has 1 saturated heterocycles. The second kappa shape index (κ2) is 9.54. The van der Waals surface area contributed by atoms with Crippen molar-refractivity contribution >= 4 is 21.5 Å². The van der Waals surface area contributed by atoms with E-state index in [1.807, 2.05) is 36.4 Å². The maximum absolute atomic E-state index is 13.6. The first kappa shape index (κ1) is 24.4. The van der Waals surface area contributed by atoms with Crippen molar-refractivity contribution in [3.8, 4) is 5.75 Å². The van der Waals surface area contributed by atoms with Crippen molar-refractivity contribution in [1.29, 1.82) is 0 Å². The highest BCUT2D eigenvalue weighted by molar-refractivity contribution is 8.32. The van der Waals surface area contributed by atoms with Crippen molar-refractivity contribution in [3.63, 3.8) is 0 Å². The van der Waals surface area contributed by atoms with Crippen molar-refractivity contribution in [3.05, 3.63) is 43.0 Å². The number of benzene rings is 1. The zero-order chi connectivity index (χ0) is 21.9. The Kier molecular flexibility index (Phi) is 8.05. The molecule has 1 aliphatic rings. The van der Waals surface area contributed by atoms with Gasteiger partial charge in [0.1, 0.15) is 29.4 Å². The number of rotatable bonds is 8. The summed E-state index contributed by atoms with van der Waals surface area (Å²) in [5, 5.41) is 0. The van der Waals surface area contributed by atoms with E-state index in [1.165, 1.54) is 0 Å².